The minimum absolute atomic E-state index is 0.0195. The van der Waals surface area contributed by atoms with Crippen LogP contribution < -0.4 is 4.90 Å². The zero-order chi connectivity index (χ0) is 31.8. The van der Waals surface area contributed by atoms with Gasteiger partial charge in [0, 0.05) is 81.0 Å². The fourth-order valence-corrected chi connectivity index (χ4v) is 6.51. The van der Waals surface area contributed by atoms with Gasteiger partial charge in [-0.3, -0.25) is 24.5 Å². The molecule has 4 rings (SSSR count). The van der Waals surface area contributed by atoms with Crippen molar-refractivity contribution < 1.29 is 19.3 Å². The average Bonchev–Trinajstić information content (AvgIpc) is 3.02. The van der Waals surface area contributed by atoms with E-state index in [0.29, 0.717) is 44.0 Å². The lowest BCUT2D eigenvalue weighted by Crippen LogP contribution is -2.48. The van der Waals surface area contributed by atoms with Crippen molar-refractivity contribution >= 4 is 40.7 Å². The second-order valence-electron chi connectivity index (χ2n) is 11.9. The van der Waals surface area contributed by atoms with Crippen molar-refractivity contribution in [2.24, 2.45) is 5.92 Å². The molecule has 3 amide bonds. The van der Waals surface area contributed by atoms with Crippen molar-refractivity contribution in [3.05, 3.63) is 68.7 Å². The number of carbonyl (C=O) groups is 3. The number of carbonyl (C=O) groups excluding carboxylic acids is 3. The van der Waals surface area contributed by atoms with Gasteiger partial charge in [-0.15, -0.1) is 0 Å². The molecule has 11 heteroatoms. The normalized spacial score (nSPS) is 16.5. The van der Waals surface area contributed by atoms with E-state index in [0.717, 1.165) is 55.7 Å². The van der Waals surface area contributed by atoms with Crippen LogP contribution in [0.4, 0.5) is 11.4 Å². The first kappa shape index (κ1) is 33.4. The Bertz CT molecular complexity index is 1320. The summed E-state index contributed by atoms with van der Waals surface area (Å²) in [6.45, 7) is 10.5. The first-order valence-corrected chi connectivity index (χ1v) is 16.0. The largest absolute Gasteiger partial charge is 0.343 e. The molecule has 0 radical (unpaired) electrons. The number of anilines is 1. The molecule has 0 unspecified atom stereocenters. The molecule has 238 valence electrons. The Hall–Kier alpha value is -3.50. The second kappa shape index (κ2) is 15.5. The van der Waals surface area contributed by atoms with Crippen LogP contribution in [0, 0.1) is 23.0 Å². The molecular formula is C33H44ClN5O5. The Labute approximate surface area is 265 Å². The van der Waals surface area contributed by atoms with Gasteiger partial charge in [-0.05, 0) is 75.8 Å². The number of rotatable bonds is 11. The van der Waals surface area contributed by atoms with Crippen LogP contribution in [0.2, 0.25) is 5.02 Å². The number of nitrogens with zero attached hydrogens (tertiary/aromatic N) is 5. The number of halogens is 1. The van der Waals surface area contributed by atoms with Crippen molar-refractivity contribution in [3.8, 4) is 0 Å². The molecule has 0 aromatic heterocycles. The predicted octanol–water partition coefficient (Wildman–Crippen LogP) is 5.09. The Balaban J connectivity index is 1.30. The van der Waals surface area contributed by atoms with Crippen LogP contribution in [-0.4, -0.2) is 89.2 Å². The van der Waals surface area contributed by atoms with Crippen LogP contribution in [0.25, 0.3) is 0 Å². The van der Waals surface area contributed by atoms with Crippen molar-refractivity contribution in [1.29, 1.82) is 0 Å². The first-order valence-electron chi connectivity index (χ1n) is 15.7. The fourth-order valence-electron chi connectivity index (χ4n) is 6.33. The van der Waals surface area contributed by atoms with Crippen molar-refractivity contribution in [2.45, 2.75) is 65.3 Å². The number of benzene rings is 2. The van der Waals surface area contributed by atoms with E-state index in [4.69, 9.17) is 11.6 Å². The summed E-state index contributed by atoms with van der Waals surface area (Å²) in [4.78, 5) is 57.2. The molecule has 0 saturated carbocycles. The minimum Gasteiger partial charge on any atom is -0.343 e. The van der Waals surface area contributed by atoms with Gasteiger partial charge < -0.3 is 19.6 Å². The molecule has 2 heterocycles. The molecule has 0 bridgehead atoms. The molecule has 2 aliphatic rings. The van der Waals surface area contributed by atoms with Gasteiger partial charge >= 0.3 is 0 Å². The maximum Gasteiger partial charge on any atom is 0.269 e. The van der Waals surface area contributed by atoms with Crippen LogP contribution in [0.5, 0.6) is 0 Å². The van der Waals surface area contributed by atoms with Crippen LogP contribution in [0.1, 0.15) is 57.1 Å². The lowest BCUT2D eigenvalue weighted by atomic mass is 9.94. The number of non-ortho nitro benzene ring substituents is 1. The summed E-state index contributed by atoms with van der Waals surface area (Å²) < 4.78 is 0. The number of nitro groups is 1. The number of likely N-dealkylation sites (tertiary alicyclic amines) is 2. The highest BCUT2D eigenvalue weighted by Crippen LogP contribution is 2.28. The molecule has 2 saturated heterocycles. The highest BCUT2D eigenvalue weighted by atomic mass is 35.5. The smallest absolute Gasteiger partial charge is 0.269 e. The van der Waals surface area contributed by atoms with Gasteiger partial charge in [0.15, 0.2) is 0 Å². The first-order chi connectivity index (χ1) is 21.1. The second-order valence-corrected chi connectivity index (χ2v) is 12.3. The summed E-state index contributed by atoms with van der Waals surface area (Å²) in [5.74, 6) is 0.0690. The van der Waals surface area contributed by atoms with Gasteiger partial charge in [0.2, 0.25) is 17.7 Å². The summed E-state index contributed by atoms with van der Waals surface area (Å²) in [7, 11) is 0. The number of hydrogen-bond donors (Lipinski definition) is 0. The van der Waals surface area contributed by atoms with Crippen molar-refractivity contribution in [1.82, 2.24) is 14.7 Å². The van der Waals surface area contributed by atoms with Crippen molar-refractivity contribution in [2.75, 3.05) is 50.7 Å². The SMILES string of the molecule is CCN(C(=O)Cc1ccc([N+](=O)[O-])cc1)C1CCN(CCCN(C(=O)C2CCN(C(C)=O)CC2)c2ccc(C)c(Cl)c2)CC1. The summed E-state index contributed by atoms with van der Waals surface area (Å²) >= 11 is 6.45. The van der Waals surface area contributed by atoms with Crippen LogP contribution in [0.15, 0.2) is 42.5 Å². The topological polar surface area (TPSA) is 107 Å². The van der Waals surface area contributed by atoms with E-state index < -0.39 is 4.92 Å². The molecule has 2 fully saturated rings. The van der Waals surface area contributed by atoms with Gasteiger partial charge in [0.1, 0.15) is 0 Å². The monoisotopic (exact) mass is 625 g/mol. The summed E-state index contributed by atoms with van der Waals surface area (Å²) in [6, 6.07) is 12.1. The maximum absolute atomic E-state index is 13.7. The Morgan fingerprint density at radius 3 is 2.23 bits per heavy atom. The van der Waals surface area contributed by atoms with Crippen LogP contribution in [-0.2, 0) is 20.8 Å². The number of likely N-dealkylation sites (N-methyl/N-ethyl adjacent to an activating group) is 1. The van der Waals surface area contributed by atoms with Gasteiger partial charge in [0.25, 0.3) is 5.69 Å². The van der Waals surface area contributed by atoms with E-state index in [1.54, 1.807) is 19.1 Å². The maximum atomic E-state index is 13.7. The fraction of sp³-hybridized carbons (Fsp3) is 0.545. The Morgan fingerprint density at radius 1 is 1.00 bits per heavy atom. The van der Waals surface area contributed by atoms with E-state index in [2.05, 4.69) is 4.90 Å². The minimum atomic E-state index is -0.438. The molecule has 10 nitrogen and oxygen atoms in total. The summed E-state index contributed by atoms with van der Waals surface area (Å²) in [6.07, 6.45) is 4.13. The molecule has 0 aliphatic carbocycles. The van der Waals surface area contributed by atoms with Crippen LogP contribution in [0.3, 0.4) is 0 Å². The zero-order valence-electron chi connectivity index (χ0n) is 26.0. The van der Waals surface area contributed by atoms with Gasteiger partial charge in [-0.2, -0.15) is 0 Å². The number of amides is 3. The molecule has 44 heavy (non-hydrogen) atoms. The lowest BCUT2D eigenvalue weighted by molar-refractivity contribution is -0.384. The Morgan fingerprint density at radius 2 is 1.66 bits per heavy atom. The van der Waals surface area contributed by atoms with E-state index >= 15 is 0 Å². The molecule has 0 N–H and O–H groups in total. The standard InChI is InChI=1S/C33H44ClN5O5/c1-4-37(32(41)22-26-7-10-29(11-8-26)39(43)44)28-14-18-35(19-15-28)16-5-17-38(30-9-6-24(2)31(34)23-30)33(42)27-12-20-36(21-13-27)25(3)40/h6-11,23,27-28H,4-5,12-22H2,1-3H3. The molecule has 2 aliphatic heterocycles. The average molecular weight is 626 g/mol. The Kier molecular flexibility index (Phi) is 11.7. The van der Waals surface area contributed by atoms with Crippen molar-refractivity contribution in [3.63, 3.8) is 0 Å². The van der Waals surface area contributed by atoms with Gasteiger partial charge in [-0.1, -0.05) is 29.8 Å². The molecule has 0 atom stereocenters. The van der Waals surface area contributed by atoms with E-state index in [1.165, 1.54) is 12.1 Å². The molecular weight excluding hydrogens is 582 g/mol. The number of hydrogen-bond acceptors (Lipinski definition) is 6. The zero-order valence-corrected chi connectivity index (χ0v) is 26.8. The highest BCUT2D eigenvalue weighted by Gasteiger charge is 2.31. The van der Waals surface area contributed by atoms with Gasteiger partial charge in [0.05, 0.1) is 11.3 Å². The third-order valence-corrected chi connectivity index (χ3v) is 9.45. The van der Waals surface area contributed by atoms with Crippen LogP contribution >= 0.6 is 11.6 Å². The lowest BCUT2D eigenvalue weighted by Gasteiger charge is -2.38. The van der Waals surface area contributed by atoms with E-state index in [1.807, 2.05) is 46.7 Å². The molecule has 2 aromatic rings. The number of piperidine rings is 2. The highest BCUT2D eigenvalue weighted by molar-refractivity contribution is 6.31. The predicted molar refractivity (Wildman–Crippen MR) is 172 cm³/mol. The third kappa shape index (κ3) is 8.57. The summed E-state index contributed by atoms with van der Waals surface area (Å²) in [5, 5.41) is 11.6. The molecule has 0 spiro atoms. The number of aryl methyl sites for hydroxylation is 1. The van der Waals surface area contributed by atoms with E-state index in [9.17, 15) is 24.5 Å². The third-order valence-electron chi connectivity index (χ3n) is 9.04. The van der Waals surface area contributed by atoms with E-state index in [-0.39, 0.29) is 41.8 Å². The number of nitro benzene ring substituents is 1. The summed E-state index contributed by atoms with van der Waals surface area (Å²) in [5.41, 5.74) is 2.57. The van der Waals surface area contributed by atoms with Gasteiger partial charge in [-0.25, -0.2) is 0 Å². The quantitative estimate of drug-likeness (QED) is 0.254. The molecule has 2 aromatic carbocycles.